The van der Waals surface area contributed by atoms with Gasteiger partial charge in [0, 0.05) is 10.5 Å². The third kappa shape index (κ3) is 5.42. The van der Waals surface area contributed by atoms with Crippen molar-refractivity contribution < 1.29 is 27.3 Å². The average molecular weight is 705 g/mol. The lowest BCUT2D eigenvalue weighted by atomic mass is 9.33. The molecule has 6 aliphatic carbocycles. The number of nitrogens with one attached hydrogen (secondary N) is 1. The summed E-state index contributed by atoms with van der Waals surface area (Å²) < 4.78 is 57.0. The summed E-state index contributed by atoms with van der Waals surface area (Å²) in [5.41, 5.74) is 1.86. The van der Waals surface area contributed by atoms with Crippen LogP contribution >= 0.6 is 0 Å². The highest BCUT2D eigenvalue weighted by Gasteiger charge is 2.71. The predicted molar refractivity (Wildman–Crippen MR) is 189 cm³/mol. The van der Waals surface area contributed by atoms with Gasteiger partial charge in [0.1, 0.15) is 12.5 Å². The van der Waals surface area contributed by atoms with Crippen molar-refractivity contribution in [1.82, 2.24) is 5.32 Å². The molecule has 0 radical (unpaired) electrons. The summed E-state index contributed by atoms with van der Waals surface area (Å²) in [6, 6.07) is -2.17. The molecule has 1 unspecified atom stereocenters. The molecule has 4 fully saturated rings. The van der Waals surface area contributed by atoms with Gasteiger partial charge in [0.05, 0.1) is 5.41 Å². The fourth-order valence-electron chi connectivity index (χ4n) is 14.0. The highest BCUT2D eigenvalue weighted by molar-refractivity contribution is 5.83. The molecule has 11 atom stereocenters. The molecule has 0 heterocycles. The van der Waals surface area contributed by atoms with E-state index in [-0.39, 0.29) is 45.2 Å². The number of ketones is 1. The second-order valence-corrected chi connectivity index (χ2v) is 19.0. The monoisotopic (exact) mass is 704 g/mol. The van der Waals surface area contributed by atoms with Gasteiger partial charge in [0.15, 0.2) is 6.04 Å². The maximum absolute atomic E-state index is 14.3. The first-order chi connectivity index (χ1) is 23.1. The average Bonchev–Trinajstić information content (AvgIpc) is 3.40. The molecule has 6 rings (SSSR count). The van der Waals surface area contributed by atoms with Crippen LogP contribution in [0.15, 0.2) is 35.5 Å². The van der Waals surface area contributed by atoms with Gasteiger partial charge in [-0.1, -0.05) is 58.9 Å². The first kappa shape index (κ1) is 37.7. The van der Waals surface area contributed by atoms with E-state index in [4.69, 9.17) is 0 Å². The molecule has 50 heavy (non-hydrogen) atoms. The quantitative estimate of drug-likeness (QED) is 0.118. The van der Waals surface area contributed by atoms with E-state index in [1.165, 1.54) is 18.1 Å². The molecular weight excluding hydrogens is 644 g/mol. The topological polar surface area (TPSA) is 72.2 Å². The van der Waals surface area contributed by atoms with Crippen molar-refractivity contribution in [2.45, 2.75) is 143 Å². The van der Waals surface area contributed by atoms with Crippen molar-refractivity contribution in [2.75, 3.05) is 13.2 Å². The Hall–Kier alpha value is -2.03. The summed E-state index contributed by atoms with van der Waals surface area (Å²) in [6.07, 6.45) is 9.47. The predicted octanol–water partition coefficient (Wildman–Crippen LogP) is 10.4. The van der Waals surface area contributed by atoms with Crippen LogP contribution in [0.5, 0.6) is 0 Å². The van der Waals surface area contributed by atoms with E-state index in [0.29, 0.717) is 37.5 Å². The van der Waals surface area contributed by atoms with Crippen LogP contribution in [0.25, 0.3) is 0 Å². The lowest BCUT2D eigenvalue weighted by Crippen LogP contribution is -2.69. The molecule has 0 bridgehead atoms. The molecular formula is C41H60F4N2O3. The van der Waals surface area contributed by atoms with Crippen LogP contribution in [0.4, 0.5) is 17.6 Å². The first-order valence-corrected chi connectivity index (χ1v) is 19.2. The van der Waals surface area contributed by atoms with Crippen LogP contribution in [0, 0.1) is 66.8 Å². The molecule has 0 saturated heterocycles. The van der Waals surface area contributed by atoms with Crippen molar-refractivity contribution in [1.29, 1.82) is 0 Å². The summed E-state index contributed by atoms with van der Waals surface area (Å²) in [6.45, 7) is 18.3. The minimum Gasteiger partial charge on any atom is -0.299 e. The zero-order valence-corrected chi connectivity index (χ0v) is 31.4. The first-order valence-electron chi connectivity index (χ1n) is 19.2. The Labute approximate surface area is 296 Å². The lowest BCUT2D eigenvalue weighted by molar-refractivity contribution is -0.491. The molecule has 1 N–H and O–H groups in total. The Morgan fingerprint density at radius 3 is 2.22 bits per heavy atom. The Kier molecular flexibility index (Phi) is 9.25. The van der Waals surface area contributed by atoms with Crippen LogP contribution in [0.1, 0.15) is 126 Å². The van der Waals surface area contributed by atoms with E-state index < -0.39 is 41.3 Å². The Morgan fingerprint density at radius 1 is 0.960 bits per heavy atom. The van der Waals surface area contributed by atoms with Gasteiger partial charge in [-0.05, 0) is 153 Å². The van der Waals surface area contributed by atoms with Gasteiger partial charge >= 0.3 is 6.18 Å². The van der Waals surface area contributed by atoms with E-state index in [1.54, 1.807) is 0 Å². The van der Waals surface area contributed by atoms with E-state index in [9.17, 15) is 32.5 Å². The highest BCUT2D eigenvalue weighted by Crippen LogP contribution is 2.76. The zero-order valence-electron chi connectivity index (χ0n) is 31.4. The van der Waals surface area contributed by atoms with Gasteiger partial charge in [-0.25, -0.2) is 4.39 Å². The van der Waals surface area contributed by atoms with E-state index in [1.807, 2.05) is 6.92 Å². The molecule has 4 saturated carbocycles. The maximum atomic E-state index is 14.3. The lowest BCUT2D eigenvalue weighted by Gasteiger charge is -2.72. The Balaban J connectivity index is 1.33. The molecule has 0 spiro atoms. The van der Waals surface area contributed by atoms with Crippen LogP contribution in [-0.4, -0.2) is 41.7 Å². The number of hydrogen-bond acceptors (Lipinski definition) is 4. The molecule has 9 heteroatoms. The summed E-state index contributed by atoms with van der Waals surface area (Å²) in [5, 5.41) is 14.4. The van der Waals surface area contributed by atoms with Gasteiger partial charge in [-0.2, -0.15) is 13.2 Å². The Bertz CT molecular complexity index is 1490. The van der Waals surface area contributed by atoms with Gasteiger partial charge in [0.2, 0.25) is 6.54 Å². The van der Waals surface area contributed by atoms with Gasteiger partial charge < -0.3 is 0 Å². The SMILES string of the molecule is C=C(C)[C@@H]1CC[C@]2(NC(C[N+](=O)[O-])C(F)(F)F)CC[C@]3(C)[C@H](CC[C@@H]4[C@@]5(C)CC=C(C6=CC[C@](CF)(C(C)=O)CC6)C(C)(C)[C@@H]5CC[C@]43C)[C@@H]12. The molecule has 0 aromatic carbocycles. The van der Waals surface area contributed by atoms with Gasteiger partial charge in [0.25, 0.3) is 0 Å². The summed E-state index contributed by atoms with van der Waals surface area (Å²) in [7, 11) is 0. The molecule has 5 nitrogen and oxygen atoms in total. The number of Topliss-reactive ketones (excluding diaryl/α,β-unsaturated/α-hetero) is 1. The number of alkyl halides is 4. The van der Waals surface area contributed by atoms with Gasteiger partial charge in [-0.15, -0.1) is 0 Å². The van der Waals surface area contributed by atoms with Crippen molar-refractivity contribution >= 4 is 5.78 Å². The number of rotatable bonds is 8. The summed E-state index contributed by atoms with van der Waals surface area (Å²) >= 11 is 0. The summed E-state index contributed by atoms with van der Waals surface area (Å²) in [4.78, 5) is 23.0. The fourth-order valence-corrected chi connectivity index (χ4v) is 14.0. The second kappa shape index (κ2) is 12.3. The molecule has 0 aromatic rings. The van der Waals surface area contributed by atoms with E-state index in [2.05, 4.69) is 58.7 Å². The fraction of sp³-hybridized carbons (Fsp3) is 0.829. The number of carbonyl (C=O) groups is 1. The molecule has 6 aliphatic rings. The smallest absolute Gasteiger partial charge is 0.299 e. The van der Waals surface area contributed by atoms with Crippen molar-refractivity contribution in [3.05, 3.63) is 45.6 Å². The zero-order chi connectivity index (χ0) is 36.9. The number of nitro groups is 1. The van der Waals surface area contributed by atoms with Crippen LogP contribution in [0.3, 0.4) is 0 Å². The van der Waals surface area contributed by atoms with Crippen LogP contribution < -0.4 is 5.32 Å². The normalized spacial score (nSPS) is 44.4. The Morgan fingerprint density at radius 2 is 1.66 bits per heavy atom. The highest BCUT2D eigenvalue weighted by atomic mass is 19.4. The third-order valence-corrected chi connectivity index (χ3v) is 16.8. The van der Waals surface area contributed by atoms with E-state index >= 15 is 0 Å². The van der Waals surface area contributed by atoms with Crippen LogP contribution in [-0.2, 0) is 4.79 Å². The number of hydrogen-bond donors (Lipinski definition) is 1. The van der Waals surface area contributed by atoms with Crippen molar-refractivity contribution in [2.24, 2.45) is 56.7 Å². The minimum atomic E-state index is -4.71. The number of allylic oxidation sites excluding steroid dienone is 5. The van der Waals surface area contributed by atoms with Gasteiger partial charge in [-0.3, -0.25) is 20.2 Å². The third-order valence-electron chi connectivity index (χ3n) is 16.8. The number of carbonyl (C=O) groups excluding carboxylic acids is 1. The maximum Gasteiger partial charge on any atom is 0.410 e. The number of halogens is 4. The summed E-state index contributed by atoms with van der Waals surface area (Å²) in [5.74, 6) is 1.08. The minimum absolute atomic E-state index is 0.00640. The molecule has 0 amide bonds. The molecule has 0 aliphatic heterocycles. The van der Waals surface area contributed by atoms with Crippen LogP contribution in [0.2, 0.25) is 0 Å². The number of nitrogens with zero attached hydrogens (tertiary/aromatic N) is 1. The second-order valence-electron chi connectivity index (χ2n) is 19.0. The molecule has 280 valence electrons. The standard InChI is InChI=1S/C41H60F4N2O3/c1-25(2)28-13-20-40(46-33(23-47(49)50)41(43,44)45)22-21-37(7)30(34(28)40)9-10-32-36(6)16-14-29(35(4,5)31(36)15-17-38(32,37)8)27-11-18-39(24-42,19-12-27)26(3)48/h11,14,28,30-34,46H,1,9-10,12-13,15-24H2,2-8H3/t28-,30+,31-,32+,33?,34+,36-,37+,38+,39-,40-/m0/s1. The molecule has 0 aromatic heterocycles. The largest absolute Gasteiger partial charge is 0.410 e. The number of fused-ring (bicyclic) bond motifs is 7. The van der Waals surface area contributed by atoms with Crippen molar-refractivity contribution in [3.63, 3.8) is 0 Å². The van der Waals surface area contributed by atoms with E-state index in [0.717, 1.165) is 56.9 Å². The van der Waals surface area contributed by atoms with Crippen molar-refractivity contribution in [3.8, 4) is 0 Å².